The number of nitrogens with one attached hydrogen (secondary N) is 1. The van der Waals surface area contributed by atoms with Crippen LogP contribution in [0, 0.1) is 0 Å². The lowest BCUT2D eigenvalue weighted by molar-refractivity contribution is -0.134. The highest BCUT2D eigenvalue weighted by atomic mass is 32.1. The molecular formula is C20H21N3O2S. The van der Waals surface area contributed by atoms with E-state index in [9.17, 15) is 9.59 Å². The van der Waals surface area contributed by atoms with Crippen LogP contribution in [0.1, 0.15) is 42.1 Å². The van der Waals surface area contributed by atoms with Crippen molar-refractivity contribution < 1.29 is 4.79 Å². The third-order valence-electron chi connectivity index (χ3n) is 5.04. The van der Waals surface area contributed by atoms with Gasteiger partial charge in [0.1, 0.15) is 5.82 Å². The number of hydrogen-bond donors (Lipinski definition) is 1. The monoisotopic (exact) mass is 367 g/mol. The number of fused-ring (bicyclic) bond motifs is 2. The number of H-pyrrole nitrogens is 1. The average Bonchev–Trinajstić information content (AvgIpc) is 3.14. The number of aromatic amines is 1. The van der Waals surface area contributed by atoms with Crippen molar-refractivity contribution in [2.75, 3.05) is 6.54 Å². The zero-order chi connectivity index (χ0) is 18.1. The molecular weight excluding hydrogens is 346 g/mol. The van der Waals surface area contributed by atoms with Gasteiger partial charge in [-0.2, -0.15) is 0 Å². The highest BCUT2D eigenvalue weighted by molar-refractivity contribution is 7.10. The lowest BCUT2D eigenvalue weighted by Crippen LogP contribution is -2.39. The minimum Gasteiger partial charge on any atom is -0.335 e. The van der Waals surface area contributed by atoms with E-state index >= 15 is 0 Å². The van der Waals surface area contributed by atoms with E-state index in [1.54, 1.807) is 17.4 Å². The number of thiophene rings is 1. The minimum absolute atomic E-state index is 0.129. The van der Waals surface area contributed by atoms with Crippen molar-refractivity contribution in [3.63, 3.8) is 0 Å². The van der Waals surface area contributed by atoms with Crippen LogP contribution in [0.4, 0.5) is 0 Å². The van der Waals surface area contributed by atoms with Gasteiger partial charge in [0.25, 0.3) is 5.56 Å². The fourth-order valence-electron chi connectivity index (χ4n) is 3.76. The van der Waals surface area contributed by atoms with Crippen molar-refractivity contribution in [2.24, 2.45) is 0 Å². The van der Waals surface area contributed by atoms with Crippen LogP contribution in [0.5, 0.6) is 0 Å². The molecule has 0 bridgehead atoms. The summed E-state index contributed by atoms with van der Waals surface area (Å²) in [6.45, 7) is 2.90. The van der Waals surface area contributed by atoms with Crippen molar-refractivity contribution in [3.05, 3.63) is 62.3 Å². The Morgan fingerprint density at radius 3 is 3.04 bits per heavy atom. The van der Waals surface area contributed by atoms with Gasteiger partial charge in [0.2, 0.25) is 5.91 Å². The molecule has 0 saturated carbocycles. The number of amides is 1. The Morgan fingerprint density at radius 1 is 1.35 bits per heavy atom. The summed E-state index contributed by atoms with van der Waals surface area (Å²) in [5.41, 5.74) is 1.82. The summed E-state index contributed by atoms with van der Waals surface area (Å²) in [5.74, 6) is 0.702. The summed E-state index contributed by atoms with van der Waals surface area (Å²) >= 11 is 1.78. The van der Waals surface area contributed by atoms with E-state index in [1.807, 2.05) is 23.1 Å². The van der Waals surface area contributed by atoms with Crippen molar-refractivity contribution >= 4 is 28.1 Å². The number of nitrogens with zero attached hydrogens (tertiary/aromatic N) is 2. The van der Waals surface area contributed by atoms with Crippen molar-refractivity contribution in [2.45, 2.75) is 38.6 Å². The zero-order valence-corrected chi connectivity index (χ0v) is 15.5. The molecule has 1 atom stereocenters. The SMILES string of the molecule is CCC1c2ccsc2CCN1C(=O)CCc1nc2ccccc2c(=O)[nH]1. The Morgan fingerprint density at radius 2 is 2.19 bits per heavy atom. The van der Waals surface area contributed by atoms with Crippen LogP contribution in [0.25, 0.3) is 10.9 Å². The molecule has 5 nitrogen and oxygen atoms in total. The molecule has 1 aliphatic heterocycles. The number of para-hydroxylation sites is 1. The molecule has 0 radical (unpaired) electrons. The van der Waals surface area contributed by atoms with E-state index < -0.39 is 0 Å². The van der Waals surface area contributed by atoms with E-state index in [0.717, 1.165) is 19.4 Å². The highest BCUT2D eigenvalue weighted by Crippen LogP contribution is 2.35. The molecule has 6 heteroatoms. The lowest BCUT2D eigenvalue weighted by Gasteiger charge is -2.35. The Hall–Kier alpha value is -2.47. The molecule has 1 unspecified atom stereocenters. The number of carbonyl (C=O) groups is 1. The molecule has 0 aliphatic carbocycles. The summed E-state index contributed by atoms with van der Waals surface area (Å²) in [7, 11) is 0. The topological polar surface area (TPSA) is 66.1 Å². The molecule has 134 valence electrons. The fourth-order valence-corrected chi connectivity index (χ4v) is 4.69. The molecule has 0 saturated heterocycles. The van der Waals surface area contributed by atoms with Gasteiger partial charge in [-0.05, 0) is 42.0 Å². The van der Waals surface area contributed by atoms with Crippen LogP contribution in [0.3, 0.4) is 0 Å². The number of aryl methyl sites for hydroxylation is 1. The Balaban J connectivity index is 1.50. The van der Waals surface area contributed by atoms with Crippen LogP contribution in [0.2, 0.25) is 0 Å². The van der Waals surface area contributed by atoms with Crippen LogP contribution in [0.15, 0.2) is 40.5 Å². The quantitative estimate of drug-likeness (QED) is 0.768. The van der Waals surface area contributed by atoms with Gasteiger partial charge in [0.05, 0.1) is 16.9 Å². The van der Waals surface area contributed by atoms with Crippen LogP contribution in [-0.2, 0) is 17.6 Å². The van der Waals surface area contributed by atoms with Gasteiger partial charge in [0, 0.05) is 24.3 Å². The number of rotatable bonds is 4. The molecule has 2 aromatic heterocycles. The maximum Gasteiger partial charge on any atom is 0.258 e. The van der Waals surface area contributed by atoms with E-state index in [2.05, 4.69) is 28.3 Å². The van der Waals surface area contributed by atoms with Crippen LogP contribution >= 0.6 is 11.3 Å². The predicted octanol–water partition coefficient (Wildman–Crippen LogP) is 3.45. The molecule has 1 N–H and O–H groups in total. The van der Waals surface area contributed by atoms with E-state index in [4.69, 9.17) is 0 Å². The fraction of sp³-hybridized carbons (Fsp3) is 0.350. The Labute approximate surface area is 155 Å². The number of aromatic nitrogens is 2. The first-order valence-electron chi connectivity index (χ1n) is 9.01. The number of hydrogen-bond acceptors (Lipinski definition) is 4. The molecule has 1 aromatic carbocycles. The molecule has 3 aromatic rings. The summed E-state index contributed by atoms with van der Waals surface area (Å²) in [4.78, 5) is 35.7. The molecule has 0 spiro atoms. The molecule has 3 heterocycles. The van der Waals surface area contributed by atoms with Gasteiger partial charge in [-0.3, -0.25) is 9.59 Å². The maximum atomic E-state index is 12.8. The second-order valence-corrected chi connectivity index (χ2v) is 7.59. The van der Waals surface area contributed by atoms with Gasteiger partial charge < -0.3 is 9.88 Å². The zero-order valence-electron chi connectivity index (χ0n) is 14.7. The predicted molar refractivity (Wildman–Crippen MR) is 103 cm³/mol. The van der Waals surface area contributed by atoms with Crippen molar-refractivity contribution in [1.82, 2.24) is 14.9 Å². The highest BCUT2D eigenvalue weighted by Gasteiger charge is 2.29. The number of carbonyl (C=O) groups excluding carboxylic acids is 1. The molecule has 0 fully saturated rings. The summed E-state index contributed by atoms with van der Waals surface area (Å²) in [6, 6.07) is 9.58. The number of benzene rings is 1. The van der Waals surface area contributed by atoms with Crippen molar-refractivity contribution in [3.8, 4) is 0 Å². The van der Waals surface area contributed by atoms with Gasteiger partial charge in [0.15, 0.2) is 0 Å². The van der Waals surface area contributed by atoms with Crippen LogP contribution < -0.4 is 5.56 Å². The maximum absolute atomic E-state index is 12.8. The summed E-state index contributed by atoms with van der Waals surface area (Å²) in [5, 5.41) is 2.69. The standard InChI is InChI=1S/C20H21N3O2S/c1-2-16-14-10-12-26-17(14)9-11-23(16)19(24)8-7-18-21-15-6-4-3-5-13(15)20(25)22-18/h3-6,10,12,16H,2,7-9,11H2,1H3,(H,21,22,25). The average molecular weight is 367 g/mol. The second kappa shape index (κ2) is 7.03. The van der Waals surface area contributed by atoms with Crippen molar-refractivity contribution in [1.29, 1.82) is 0 Å². The molecule has 1 aliphatic rings. The van der Waals surface area contributed by atoms with E-state index in [-0.39, 0.29) is 17.5 Å². The second-order valence-electron chi connectivity index (χ2n) is 6.59. The third-order valence-corrected chi connectivity index (χ3v) is 6.04. The van der Waals surface area contributed by atoms with Gasteiger partial charge in [-0.25, -0.2) is 4.98 Å². The first kappa shape index (κ1) is 17.0. The molecule has 4 rings (SSSR count). The molecule has 26 heavy (non-hydrogen) atoms. The Bertz CT molecular complexity index is 1010. The van der Waals surface area contributed by atoms with E-state index in [0.29, 0.717) is 29.6 Å². The van der Waals surface area contributed by atoms with Gasteiger partial charge >= 0.3 is 0 Å². The third kappa shape index (κ3) is 3.05. The minimum atomic E-state index is -0.148. The largest absolute Gasteiger partial charge is 0.335 e. The van der Waals surface area contributed by atoms with Gasteiger partial charge in [-0.1, -0.05) is 19.1 Å². The summed E-state index contributed by atoms with van der Waals surface area (Å²) in [6.07, 6.45) is 2.65. The normalized spacial score (nSPS) is 16.7. The Kier molecular flexibility index (Phi) is 4.59. The lowest BCUT2D eigenvalue weighted by atomic mass is 9.97. The first-order chi connectivity index (χ1) is 12.7. The van der Waals surface area contributed by atoms with Gasteiger partial charge in [-0.15, -0.1) is 11.3 Å². The molecule has 1 amide bonds. The smallest absolute Gasteiger partial charge is 0.258 e. The summed E-state index contributed by atoms with van der Waals surface area (Å²) < 4.78 is 0. The first-order valence-corrected chi connectivity index (χ1v) is 9.89. The van der Waals surface area contributed by atoms with E-state index in [1.165, 1.54) is 10.4 Å². The van der Waals surface area contributed by atoms with Crippen LogP contribution in [-0.4, -0.2) is 27.3 Å².